The summed E-state index contributed by atoms with van der Waals surface area (Å²) >= 11 is 0. The summed E-state index contributed by atoms with van der Waals surface area (Å²) in [6.07, 6.45) is 0. The lowest BCUT2D eigenvalue weighted by Gasteiger charge is -2.29. The van der Waals surface area contributed by atoms with Gasteiger partial charge in [-0.05, 0) is 35.4 Å². The van der Waals surface area contributed by atoms with E-state index in [-0.39, 0.29) is 23.8 Å². The van der Waals surface area contributed by atoms with Crippen LogP contribution < -0.4 is 10.1 Å². The molecule has 0 aliphatic carbocycles. The normalized spacial score (nSPS) is 12.4. The van der Waals surface area contributed by atoms with E-state index in [1.165, 1.54) is 0 Å². The van der Waals surface area contributed by atoms with Crippen LogP contribution in [0.25, 0.3) is 0 Å². The minimum atomic E-state index is -0.604. The van der Waals surface area contributed by atoms with Crippen molar-refractivity contribution >= 4 is 11.8 Å². The Kier molecular flexibility index (Phi) is 8.66. The van der Waals surface area contributed by atoms with E-state index in [0.717, 1.165) is 11.1 Å². The summed E-state index contributed by atoms with van der Waals surface area (Å²) < 4.78 is 5.95. The Hall–Kier alpha value is -2.82. The first kappa shape index (κ1) is 24.4. The average molecular weight is 425 g/mol. The van der Waals surface area contributed by atoms with Gasteiger partial charge >= 0.3 is 0 Å². The largest absolute Gasteiger partial charge is 0.483 e. The van der Waals surface area contributed by atoms with Gasteiger partial charge in [-0.2, -0.15) is 0 Å². The second-order valence-corrected chi connectivity index (χ2v) is 9.36. The van der Waals surface area contributed by atoms with E-state index in [4.69, 9.17) is 4.74 Å². The summed E-state index contributed by atoms with van der Waals surface area (Å²) in [7, 11) is 0. The van der Waals surface area contributed by atoms with Crippen LogP contribution in [0.3, 0.4) is 0 Å². The third-order valence-electron chi connectivity index (χ3n) is 5.09. The van der Waals surface area contributed by atoms with Crippen LogP contribution in [0.5, 0.6) is 5.75 Å². The van der Waals surface area contributed by atoms with Crippen LogP contribution >= 0.6 is 0 Å². The standard InChI is InChI=1S/C26H36N2O3/c1-19(2)16-27-25(30)20(3)28(17-21-12-8-7-9-13-21)24(29)18-31-23-15-11-10-14-22(23)26(4,5)6/h7-15,19-20H,16-18H2,1-6H3,(H,27,30)/t20-/m0/s1. The number of carbonyl (C=O) groups is 2. The zero-order valence-electron chi connectivity index (χ0n) is 19.6. The first-order chi connectivity index (χ1) is 14.6. The van der Waals surface area contributed by atoms with Gasteiger partial charge in [0.25, 0.3) is 5.91 Å². The number of hydrogen-bond acceptors (Lipinski definition) is 3. The summed E-state index contributed by atoms with van der Waals surface area (Å²) in [5, 5.41) is 2.93. The second kappa shape index (κ2) is 11.0. The van der Waals surface area contributed by atoms with Crippen molar-refractivity contribution in [3.63, 3.8) is 0 Å². The topological polar surface area (TPSA) is 58.6 Å². The molecule has 0 saturated carbocycles. The maximum atomic E-state index is 13.2. The Balaban J connectivity index is 2.17. The molecule has 0 unspecified atom stereocenters. The van der Waals surface area contributed by atoms with Crippen molar-refractivity contribution in [3.8, 4) is 5.75 Å². The van der Waals surface area contributed by atoms with Gasteiger partial charge in [0.2, 0.25) is 5.91 Å². The van der Waals surface area contributed by atoms with Gasteiger partial charge in [0.05, 0.1) is 0 Å². The fraction of sp³-hybridized carbons (Fsp3) is 0.462. The molecule has 0 aliphatic rings. The van der Waals surface area contributed by atoms with Gasteiger partial charge < -0.3 is 15.0 Å². The Bertz CT molecular complexity index is 856. The summed E-state index contributed by atoms with van der Waals surface area (Å²) in [6.45, 7) is 13.0. The van der Waals surface area contributed by atoms with E-state index in [1.54, 1.807) is 11.8 Å². The monoisotopic (exact) mass is 424 g/mol. The predicted molar refractivity (Wildman–Crippen MR) is 125 cm³/mol. The highest BCUT2D eigenvalue weighted by Crippen LogP contribution is 2.31. The number of para-hydroxylation sites is 1. The number of nitrogens with zero attached hydrogens (tertiary/aromatic N) is 1. The van der Waals surface area contributed by atoms with Gasteiger partial charge in [0, 0.05) is 13.1 Å². The van der Waals surface area contributed by atoms with Gasteiger partial charge in [-0.1, -0.05) is 83.1 Å². The third kappa shape index (κ3) is 7.42. The maximum Gasteiger partial charge on any atom is 0.261 e. The average Bonchev–Trinajstić information content (AvgIpc) is 2.73. The van der Waals surface area contributed by atoms with E-state index < -0.39 is 6.04 Å². The lowest BCUT2D eigenvalue weighted by Crippen LogP contribution is -2.49. The Morgan fingerprint density at radius 3 is 2.19 bits per heavy atom. The van der Waals surface area contributed by atoms with Crippen LogP contribution in [0.1, 0.15) is 52.7 Å². The second-order valence-electron chi connectivity index (χ2n) is 9.36. The van der Waals surface area contributed by atoms with E-state index >= 15 is 0 Å². The van der Waals surface area contributed by atoms with Crippen LogP contribution in [0.15, 0.2) is 54.6 Å². The molecule has 168 valence electrons. The molecule has 2 amide bonds. The molecule has 0 fully saturated rings. The molecule has 0 radical (unpaired) electrons. The molecule has 0 aromatic heterocycles. The lowest BCUT2D eigenvalue weighted by molar-refractivity contribution is -0.142. The molecule has 1 N–H and O–H groups in total. The molecule has 31 heavy (non-hydrogen) atoms. The quantitative estimate of drug-likeness (QED) is 0.642. The number of ether oxygens (including phenoxy) is 1. The molecule has 5 heteroatoms. The van der Waals surface area contributed by atoms with E-state index in [2.05, 4.69) is 26.1 Å². The van der Waals surface area contributed by atoms with Crippen molar-refractivity contribution in [1.82, 2.24) is 10.2 Å². The van der Waals surface area contributed by atoms with Gasteiger partial charge in [-0.25, -0.2) is 0 Å². The van der Waals surface area contributed by atoms with E-state index in [0.29, 0.717) is 24.8 Å². The molecule has 0 saturated heterocycles. The Labute approximate surface area is 186 Å². The molecule has 0 spiro atoms. The predicted octanol–water partition coefficient (Wildman–Crippen LogP) is 4.55. The van der Waals surface area contributed by atoms with Crippen molar-refractivity contribution in [2.45, 2.75) is 59.5 Å². The Morgan fingerprint density at radius 1 is 0.968 bits per heavy atom. The van der Waals surface area contributed by atoms with Crippen molar-refractivity contribution in [2.24, 2.45) is 5.92 Å². The molecule has 2 aromatic carbocycles. The van der Waals surface area contributed by atoms with Crippen LogP contribution in [0.2, 0.25) is 0 Å². The molecular weight excluding hydrogens is 388 g/mol. The van der Waals surface area contributed by atoms with E-state index in [1.807, 2.05) is 68.4 Å². The highest BCUT2D eigenvalue weighted by Gasteiger charge is 2.27. The SMILES string of the molecule is CC(C)CNC(=O)[C@H](C)N(Cc1ccccc1)C(=O)COc1ccccc1C(C)(C)C. The molecule has 1 atom stereocenters. The molecule has 5 nitrogen and oxygen atoms in total. The van der Waals surface area contributed by atoms with Crippen molar-refractivity contribution < 1.29 is 14.3 Å². The number of hydrogen-bond donors (Lipinski definition) is 1. The van der Waals surface area contributed by atoms with Crippen LogP contribution in [-0.2, 0) is 21.5 Å². The number of amides is 2. The molecule has 0 aliphatic heterocycles. The fourth-order valence-corrected chi connectivity index (χ4v) is 3.25. The van der Waals surface area contributed by atoms with Gasteiger partial charge in [0.15, 0.2) is 6.61 Å². The highest BCUT2D eigenvalue weighted by atomic mass is 16.5. The molecular formula is C26H36N2O3. The number of nitrogens with one attached hydrogen (secondary N) is 1. The van der Waals surface area contributed by atoms with Crippen molar-refractivity contribution in [2.75, 3.05) is 13.2 Å². The van der Waals surface area contributed by atoms with Gasteiger partial charge in [-0.3, -0.25) is 9.59 Å². The van der Waals surface area contributed by atoms with Gasteiger partial charge in [0.1, 0.15) is 11.8 Å². The Morgan fingerprint density at radius 2 is 1.58 bits per heavy atom. The number of benzene rings is 2. The summed E-state index contributed by atoms with van der Waals surface area (Å²) in [6, 6.07) is 16.9. The molecule has 2 rings (SSSR count). The lowest BCUT2D eigenvalue weighted by atomic mass is 9.86. The van der Waals surface area contributed by atoms with Gasteiger partial charge in [-0.15, -0.1) is 0 Å². The molecule has 0 bridgehead atoms. The van der Waals surface area contributed by atoms with Crippen LogP contribution in [0.4, 0.5) is 0 Å². The first-order valence-electron chi connectivity index (χ1n) is 10.9. The first-order valence-corrected chi connectivity index (χ1v) is 10.9. The summed E-state index contributed by atoms with van der Waals surface area (Å²) in [5.41, 5.74) is 1.91. The van der Waals surface area contributed by atoms with Crippen molar-refractivity contribution in [3.05, 3.63) is 65.7 Å². The zero-order valence-corrected chi connectivity index (χ0v) is 19.6. The highest BCUT2D eigenvalue weighted by molar-refractivity contribution is 5.88. The number of rotatable bonds is 9. The minimum absolute atomic E-state index is 0.104. The zero-order chi connectivity index (χ0) is 23.0. The molecule has 0 heterocycles. The fourth-order valence-electron chi connectivity index (χ4n) is 3.25. The van der Waals surface area contributed by atoms with Crippen molar-refractivity contribution in [1.29, 1.82) is 0 Å². The summed E-state index contributed by atoms with van der Waals surface area (Å²) in [4.78, 5) is 27.5. The van der Waals surface area contributed by atoms with Crippen LogP contribution in [-0.4, -0.2) is 35.9 Å². The number of carbonyl (C=O) groups excluding carboxylic acids is 2. The smallest absolute Gasteiger partial charge is 0.261 e. The molecule has 2 aromatic rings. The van der Waals surface area contributed by atoms with E-state index in [9.17, 15) is 9.59 Å². The minimum Gasteiger partial charge on any atom is -0.483 e. The summed E-state index contributed by atoms with van der Waals surface area (Å²) in [5.74, 6) is 0.652. The third-order valence-corrected chi connectivity index (χ3v) is 5.09. The maximum absolute atomic E-state index is 13.2. The van der Waals surface area contributed by atoms with Crippen LogP contribution in [0, 0.1) is 5.92 Å².